The Morgan fingerprint density at radius 2 is 1.86 bits per heavy atom. The minimum atomic E-state index is -0.301. The largest absolute Gasteiger partial charge is 0.363 e. The molecule has 1 aliphatic heterocycles. The first kappa shape index (κ1) is 15.5. The Labute approximate surface area is 141 Å². The zero-order valence-electron chi connectivity index (χ0n) is 11.9. The maximum Gasteiger partial charge on any atom is 0.292 e. The number of thiophene rings is 1. The van der Waals surface area contributed by atoms with Crippen molar-refractivity contribution in [1.82, 2.24) is 4.90 Å². The zero-order chi connectivity index (χ0) is 15.5. The van der Waals surface area contributed by atoms with Gasteiger partial charge in [-0.3, -0.25) is 15.0 Å². The summed E-state index contributed by atoms with van der Waals surface area (Å²) in [4.78, 5) is 16.7. The molecule has 116 valence electrons. The number of hydrogen-bond acceptors (Lipinski definition) is 5. The Hall–Kier alpha value is -1.44. The monoisotopic (exact) mass is 381 g/mol. The van der Waals surface area contributed by atoms with Crippen LogP contribution in [0, 0.1) is 10.1 Å². The minimum Gasteiger partial charge on any atom is -0.363 e. The molecule has 3 rings (SSSR count). The van der Waals surface area contributed by atoms with E-state index in [0.29, 0.717) is 0 Å². The lowest BCUT2D eigenvalue weighted by molar-refractivity contribution is -0.384. The highest BCUT2D eigenvalue weighted by molar-refractivity contribution is 9.11. The van der Waals surface area contributed by atoms with Gasteiger partial charge in [-0.1, -0.05) is 12.1 Å². The smallest absolute Gasteiger partial charge is 0.292 e. The third-order valence-corrected chi connectivity index (χ3v) is 5.41. The average Bonchev–Trinajstić information content (AvgIpc) is 2.93. The summed E-state index contributed by atoms with van der Waals surface area (Å²) in [6.45, 7) is 4.42. The van der Waals surface area contributed by atoms with Gasteiger partial charge in [0.2, 0.25) is 0 Å². The summed E-state index contributed by atoms with van der Waals surface area (Å²) >= 11 is 5.24. The van der Waals surface area contributed by atoms with Crippen LogP contribution in [0.15, 0.2) is 40.2 Å². The SMILES string of the molecule is O=[N+]([O-])c1ccccc1N1CCN(Cc2ccc(Br)s2)CC1. The third-order valence-electron chi connectivity index (χ3n) is 3.80. The lowest BCUT2D eigenvalue weighted by Crippen LogP contribution is -2.46. The van der Waals surface area contributed by atoms with E-state index in [2.05, 4.69) is 37.9 Å². The summed E-state index contributed by atoms with van der Waals surface area (Å²) in [5.74, 6) is 0. The van der Waals surface area contributed by atoms with Crippen molar-refractivity contribution in [3.63, 3.8) is 0 Å². The van der Waals surface area contributed by atoms with E-state index in [-0.39, 0.29) is 10.6 Å². The molecule has 0 atom stereocenters. The topological polar surface area (TPSA) is 49.6 Å². The number of piperazine rings is 1. The quantitative estimate of drug-likeness (QED) is 0.597. The molecule has 0 unspecified atom stereocenters. The molecule has 0 spiro atoms. The number of nitro groups is 1. The molecule has 2 aromatic rings. The summed E-state index contributed by atoms with van der Waals surface area (Å²) in [6, 6.07) is 11.2. The van der Waals surface area contributed by atoms with Crippen molar-refractivity contribution in [3.8, 4) is 0 Å². The van der Waals surface area contributed by atoms with Crippen LogP contribution in [0.1, 0.15) is 4.88 Å². The molecule has 0 saturated carbocycles. The molecule has 0 N–H and O–H groups in total. The normalized spacial score (nSPS) is 16.0. The Bertz CT molecular complexity index is 668. The van der Waals surface area contributed by atoms with Crippen molar-refractivity contribution >= 4 is 38.6 Å². The fourth-order valence-electron chi connectivity index (χ4n) is 2.69. The first-order chi connectivity index (χ1) is 10.6. The second-order valence-electron chi connectivity index (χ2n) is 5.21. The molecule has 0 amide bonds. The minimum absolute atomic E-state index is 0.193. The van der Waals surface area contributed by atoms with E-state index in [9.17, 15) is 10.1 Å². The number of nitro benzene ring substituents is 1. The Morgan fingerprint density at radius 3 is 2.50 bits per heavy atom. The number of nitrogens with zero attached hydrogens (tertiary/aromatic N) is 3. The predicted octanol–water partition coefficient (Wildman–Crippen LogP) is 3.74. The van der Waals surface area contributed by atoms with Gasteiger partial charge in [0.05, 0.1) is 8.71 Å². The molecule has 0 radical (unpaired) electrons. The van der Waals surface area contributed by atoms with Gasteiger partial charge >= 0.3 is 0 Å². The Morgan fingerprint density at radius 1 is 1.14 bits per heavy atom. The zero-order valence-corrected chi connectivity index (χ0v) is 14.3. The second-order valence-corrected chi connectivity index (χ2v) is 7.76. The van der Waals surface area contributed by atoms with E-state index in [1.54, 1.807) is 23.5 Å². The molecular weight excluding hydrogens is 366 g/mol. The van der Waals surface area contributed by atoms with Crippen LogP contribution in [0.25, 0.3) is 0 Å². The Kier molecular flexibility index (Phi) is 4.75. The fourth-order valence-corrected chi connectivity index (χ4v) is 4.22. The van der Waals surface area contributed by atoms with E-state index in [0.717, 1.165) is 42.2 Å². The number of para-hydroxylation sites is 2. The van der Waals surface area contributed by atoms with Crippen LogP contribution in [-0.2, 0) is 6.54 Å². The predicted molar refractivity (Wildman–Crippen MR) is 92.6 cm³/mol. The molecule has 0 aliphatic carbocycles. The molecule has 1 fully saturated rings. The number of halogens is 1. The fraction of sp³-hybridized carbons (Fsp3) is 0.333. The lowest BCUT2D eigenvalue weighted by Gasteiger charge is -2.35. The highest BCUT2D eigenvalue weighted by Crippen LogP contribution is 2.29. The van der Waals surface area contributed by atoms with Gasteiger partial charge in [0.15, 0.2) is 0 Å². The van der Waals surface area contributed by atoms with Gasteiger partial charge in [-0.2, -0.15) is 0 Å². The number of hydrogen-bond donors (Lipinski definition) is 0. The van der Waals surface area contributed by atoms with Gasteiger partial charge in [0.25, 0.3) is 5.69 Å². The standard InChI is InChI=1S/C15H16BrN3O2S/c16-15-6-5-12(22-15)11-17-7-9-18(10-8-17)13-3-1-2-4-14(13)19(20)21/h1-6H,7-11H2. The Balaban J connectivity index is 1.63. The lowest BCUT2D eigenvalue weighted by atomic mass is 10.2. The van der Waals surface area contributed by atoms with Crippen molar-refractivity contribution in [3.05, 3.63) is 55.2 Å². The highest BCUT2D eigenvalue weighted by Gasteiger charge is 2.23. The molecule has 1 aromatic carbocycles. The first-order valence-electron chi connectivity index (χ1n) is 7.08. The van der Waals surface area contributed by atoms with Gasteiger partial charge in [0, 0.05) is 43.7 Å². The molecular formula is C15H16BrN3O2S. The number of rotatable bonds is 4. The van der Waals surface area contributed by atoms with Crippen molar-refractivity contribution in [2.24, 2.45) is 0 Å². The maximum atomic E-state index is 11.1. The first-order valence-corrected chi connectivity index (χ1v) is 8.69. The molecule has 22 heavy (non-hydrogen) atoms. The van der Waals surface area contributed by atoms with E-state index in [1.165, 1.54) is 4.88 Å². The van der Waals surface area contributed by atoms with Gasteiger partial charge < -0.3 is 4.90 Å². The molecule has 1 aliphatic rings. The molecule has 0 bridgehead atoms. The van der Waals surface area contributed by atoms with Crippen LogP contribution in [0.5, 0.6) is 0 Å². The van der Waals surface area contributed by atoms with Gasteiger partial charge in [-0.15, -0.1) is 11.3 Å². The van der Waals surface area contributed by atoms with Gasteiger partial charge in [-0.25, -0.2) is 0 Å². The van der Waals surface area contributed by atoms with E-state index in [4.69, 9.17) is 0 Å². The van der Waals surface area contributed by atoms with Crippen molar-refractivity contribution < 1.29 is 4.92 Å². The number of anilines is 1. The number of benzene rings is 1. The van der Waals surface area contributed by atoms with Crippen LogP contribution < -0.4 is 4.90 Å². The summed E-state index contributed by atoms with van der Waals surface area (Å²) < 4.78 is 1.15. The summed E-state index contributed by atoms with van der Waals surface area (Å²) in [5.41, 5.74) is 0.921. The van der Waals surface area contributed by atoms with Crippen LogP contribution in [0.4, 0.5) is 11.4 Å². The average molecular weight is 382 g/mol. The summed E-state index contributed by atoms with van der Waals surface area (Å²) in [6.07, 6.45) is 0. The van der Waals surface area contributed by atoms with Crippen molar-refractivity contribution in [2.45, 2.75) is 6.54 Å². The summed E-state index contributed by atoms with van der Waals surface area (Å²) in [5, 5.41) is 11.1. The third kappa shape index (κ3) is 3.48. The van der Waals surface area contributed by atoms with Crippen molar-refractivity contribution in [1.29, 1.82) is 0 Å². The molecule has 7 heteroatoms. The maximum absolute atomic E-state index is 11.1. The van der Waals surface area contributed by atoms with E-state index >= 15 is 0 Å². The highest BCUT2D eigenvalue weighted by atomic mass is 79.9. The van der Waals surface area contributed by atoms with Gasteiger partial charge in [-0.05, 0) is 34.1 Å². The van der Waals surface area contributed by atoms with Crippen molar-refractivity contribution in [2.75, 3.05) is 31.1 Å². The molecule has 1 saturated heterocycles. The van der Waals surface area contributed by atoms with E-state index < -0.39 is 0 Å². The van der Waals surface area contributed by atoms with Gasteiger partial charge in [0.1, 0.15) is 5.69 Å². The molecule has 5 nitrogen and oxygen atoms in total. The van der Waals surface area contributed by atoms with Crippen LogP contribution >= 0.6 is 27.3 Å². The van der Waals surface area contributed by atoms with Crippen LogP contribution in [-0.4, -0.2) is 36.0 Å². The summed E-state index contributed by atoms with van der Waals surface area (Å²) in [7, 11) is 0. The molecule has 2 heterocycles. The van der Waals surface area contributed by atoms with Crippen LogP contribution in [0.2, 0.25) is 0 Å². The second kappa shape index (κ2) is 6.76. The van der Waals surface area contributed by atoms with E-state index in [1.807, 2.05) is 12.1 Å². The molecule has 1 aromatic heterocycles. The van der Waals surface area contributed by atoms with Crippen LogP contribution in [0.3, 0.4) is 0 Å².